The Morgan fingerprint density at radius 2 is 1.02 bits per heavy atom. The van der Waals surface area contributed by atoms with Crippen LogP contribution in [-0.2, 0) is 5.41 Å². The minimum absolute atomic E-state index is 0.171. The summed E-state index contributed by atoms with van der Waals surface area (Å²) in [6.07, 6.45) is 0. The number of anilines is 3. The molecule has 7 rings (SSSR count). The van der Waals surface area contributed by atoms with E-state index in [1.54, 1.807) is 0 Å². The number of fused-ring (bicyclic) bond motifs is 2. The maximum absolute atomic E-state index is 2.51. The van der Waals surface area contributed by atoms with Crippen LogP contribution in [0.2, 0.25) is 0 Å². The maximum atomic E-state index is 2.51. The van der Waals surface area contributed by atoms with Gasteiger partial charge in [0.05, 0.1) is 11.4 Å². The second-order valence-electron chi connectivity index (χ2n) is 11.9. The monoisotopic (exact) mass is 541 g/mol. The Bertz CT molecular complexity index is 1910. The summed E-state index contributed by atoms with van der Waals surface area (Å²) in [4.78, 5) is 2.51. The van der Waals surface area contributed by atoms with Crippen LogP contribution >= 0.6 is 0 Å². The average molecular weight is 542 g/mol. The molecule has 0 saturated heterocycles. The lowest BCUT2D eigenvalue weighted by Crippen LogP contribution is -2.31. The molecule has 0 bridgehead atoms. The van der Waals surface area contributed by atoms with Gasteiger partial charge in [0, 0.05) is 11.1 Å². The van der Waals surface area contributed by atoms with Crippen molar-refractivity contribution in [3.63, 3.8) is 0 Å². The average Bonchev–Trinajstić information content (AvgIpc) is 3.03. The van der Waals surface area contributed by atoms with Gasteiger partial charge >= 0.3 is 0 Å². The van der Waals surface area contributed by atoms with E-state index in [9.17, 15) is 0 Å². The lowest BCUT2D eigenvalue weighted by atomic mass is 9.71. The normalized spacial score (nSPS) is 13.4. The van der Waals surface area contributed by atoms with Gasteiger partial charge in [-0.15, -0.1) is 0 Å². The van der Waals surface area contributed by atoms with Crippen molar-refractivity contribution in [3.05, 3.63) is 162 Å². The summed E-state index contributed by atoms with van der Waals surface area (Å²) < 4.78 is 0. The second kappa shape index (κ2) is 10.2. The van der Waals surface area contributed by atoms with Gasteiger partial charge in [0.25, 0.3) is 0 Å². The molecule has 0 aliphatic carbocycles. The molecular weight excluding hydrogens is 506 g/mol. The van der Waals surface area contributed by atoms with Gasteiger partial charge in [0.2, 0.25) is 0 Å². The van der Waals surface area contributed by atoms with Gasteiger partial charge in [-0.05, 0) is 93.7 Å². The molecule has 1 aliphatic heterocycles. The first-order chi connectivity index (χ1) is 20.4. The third-order valence-electron chi connectivity index (χ3n) is 8.90. The van der Waals surface area contributed by atoms with Crippen LogP contribution in [-0.4, -0.2) is 0 Å². The molecule has 0 N–H and O–H groups in total. The van der Waals surface area contributed by atoms with Crippen LogP contribution in [0.1, 0.15) is 36.1 Å². The Balaban J connectivity index is 1.48. The van der Waals surface area contributed by atoms with Crippen molar-refractivity contribution in [1.82, 2.24) is 0 Å². The van der Waals surface area contributed by atoms with Gasteiger partial charge in [-0.3, -0.25) is 0 Å². The van der Waals surface area contributed by atoms with Crippen LogP contribution in [0.4, 0.5) is 17.1 Å². The Labute approximate surface area is 249 Å². The van der Waals surface area contributed by atoms with Crippen molar-refractivity contribution in [1.29, 1.82) is 0 Å². The fourth-order valence-electron chi connectivity index (χ4n) is 6.69. The van der Waals surface area contributed by atoms with E-state index in [2.05, 4.69) is 172 Å². The lowest BCUT2D eigenvalue weighted by molar-refractivity contribution is 0.631. The summed E-state index contributed by atoms with van der Waals surface area (Å²) in [6, 6.07) is 50.8. The predicted molar refractivity (Wildman–Crippen MR) is 179 cm³/mol. The van der Waals surface area contributed by atoms with E-state index in [0.717, 1.165) is 0 Å². The van der Waals surface area contributed by atoms with Crippen LogP contribution in [0.3, 0.4) is 0 Å². The van der Waals surface area contributed by atoms with Gasteiger partial charge in [-0.1, -0.05) is 129 Å². The topological polar surface area (TPSA) is 3.24 Å². The molecule has 0 aromatic heterocycles. The van der Waals surface area contributed by atoms with E-state index in [0.29, 0.717) is 0 Å². The summed E-state index contributed by atoms with van der Waals surface area (Å²) in [5, 5.41) is 0. The first-order valence-corrected chi connectivity index (χ1v) is 14.8. The van der Waals surface area contributed by atoms with Crippen LogP contribution in [0, 0.1) is 13.8 Å². The molecule has 0 fully saturated rings. The first-order valence-electron chi connectivity index (χ1n) is 14.8. The first kappa shape index (κ1) is 26.0. The fraction of sp³-hybridized carbons (Fsp3) is 0.122. The van der Waals surface area contributed by atoms with Crippen molar-refractivity contribution >= 4 is 17.1 Å². The van der Waals surface area contributed by atoms with E-state index in [-0.39, 0.29) is 5.41 Å². The van der Waals surface area contributed by atoms with Crippen molar-refractivity contribution < 1.29 is 0 Å². The minimum Gasteiger partial charge on any atom is -0.309 e. The third kappa shape index (κ3) is 4.25. The fourth-order valence-corrected chi connectivity index (χ4v) is 6.69. The highest BCUT2D eigenvalue weighted by molar-refractivity contribution is 5.93. The molecule has 0 radical (unpaired) electrons. The van der Waals surface area contributed by atoms with E-state index in [1.165, 1.54) is 72.7 Å². The Morgan fingerprint density at radius 3 is 1.74 bits per heavy atom. The van der Waals surface area contributed by atoms with Gasteiger partial charge in [0.1, 0.15) is 0 Å². The number of hydrogen-bond donors (Lipinski definition) is 0. The van der Waals surface area contributed by atoms with Crippen LogP contribution in [0.25, 0.3) is 33.4 Å². The zero-order valence-electron chi connectivity index (χ0n) is 24.7. The summed E-state index contributed by atoms with van der Waals surface area (Å²) in [5.74, 6) is 0. The van der Waals surface area contributed by atoms with E-state index >= 15 is 0 Å². The maximum Gasteiger partial charge on any atom is 0.0532 e. The Kier molecular flexibility index (Phi) is 6.32. The van der Waals surface area contributed by atoms with Crippen LogP contribution < -0.4 is 4.90 Å². The number of para-hydroxylation sites is 1. The molecule has 1 nitrogen and oxygen atoms in total. The van der Waals surface area contributed by atoms with Crippen LogP contribution in [0.5, 0.6) is 0 Å². The highest BCUT2D eigenvalue weighted by atomic mass is 15.2. The number of benzene rings is 6. The molecule has 0 unspecified atom stereocenters. The Hall–Kier alpha value is -4.88. The molecule has 0 saturated carbocycles. The molecule has 0 amide bonds. The zero-order valence-corrected chi connectivity index (χ0v) is 24.7. The van der Waals surface area contributed by atoms with E-state index < -0.39 is 0 Å². The van der Waals surface area contributed by atoms with E-state index in [1.807, 2.05) is 0 Å². The highest BCUT2D eigenvalue weighted by Gasteiger charge is 2.38. The molecule has 6 aromatic carbocycles. The van der Waals surface area contributed by atoms with E-state index in [4.69, 9.17) is 0 Å². The number of aryl methyl sites for hydroxylation is 2. The third-order valence-corrected chi connectivity index (χ3v) is 8.90. The van der Waals surface area contributed by atoms with Crippen molar-refractivity contribution in [2.75, 3.05) is 4.90 Å². The molecule has 1 heterocycles. The molecule has 0 spiro atoms. The predicted octanol–water partition coefficient (Wildman–Crippen LogP) is 11.4. The second-order valence-corrected chi connectivity index (χ2v) is 11.9. The Morgan fingerprint density at radius 1 is 0.429 bits per heavy atom. The molecule has 1 aliphatic rings. The molecule has 42 heavy (non-hydrogen) atoms. The molecule has 1 heteroatoms. The number of nitrogens with zero attached hydrogens (tertiary/aromatic N) is 1. The quantitative estimate of drug-likeness (QED) is 0.214. The van der Waals surface area contributed by atoms with Gasteiger partial charge in [-0.2, -0.15) is 0 Å². The molecular formula is C41H35N. The number of hydrogen-bond acceptors (Lipinski definition) is 1. The molecule has 0 atom stereocenters. The lowest BCUT2D eigenvalue weighted by Gasteiger charge is -2.43. The SMILES string of the molecule is Cc1ccc(-c2ccccc2)cc1N1c2ccccc2C(C)(C)c2cc(-c3ccccc3-c3ccccc3)cc(C)c21. The smallest absolute Gasteiger partial charge is 0.0532 e. The standard InChI is InChI=1S/C41H35N/c1-28-23-24-32(30-15-7-5-8-16-30)27-39(28)42-38-22-14-13-21-36(38)41(3,4)37-26-33(25-29(2)40(37)42)35-20-12-11-19-34(35)31-17-9-6-10-18-31/h5-27H,1-4H3. The number of rotatable bonds is 4. The largest absolute Gasteiger partial charge is 0.309 e. The summed E-state index contributed by atoms with van der Waals surface area (Å²) in [7, 11) is 0. The minimum atomic E-state index is -0.171. The summed E-state index contributed by atoms with van der Waals surface area (Å²) >= 11 is 0. The summed E-state index contributed by atoms with van der Waals surface area (Å²) in [6.45, 7) is 9.26. The highest BCUT2D eigenvalue weighted by Crippen LogP contribution is 2.55. The summed E-state index contributed by atoms with van der Waals surface area (Å²) in [5.41, 5.74) is 16.3. The molecule has 6 aromatic rings. The van der Waals surface area contributed by atoms with Crippen LogP contribution in [0.15, 0.2) is 140 Å². The molecule has 204 valence electrons. The van der Waals surface area contributed by atoms with Gasteiger partial charge in [0.15, 0.2) is 0 Å². The zero-order chi connectivity index (χ0) is 28.8. The van der Waals surface area contributed by atoms with Crippen molar-refractivity contribution in [2.45, 2.75) is 33.1 Å². The van der Waals surface area contributed by atoms with Crippen molar-refractivity contribution in [2.24, 2.45) is 0 Å². The van der Waals surface area contributed by atoms with Crippen molar-refractivity contribution in [3.8, 4) is 33.4 Å². The van der Waals surface area contributed by atoms with Gasteiger partial charge < -0.3 is 4.90 Å². The van der Waals surface area contributed by atoms with Gasteiger partial charge in [-0.25, -0.2) is 0 Å².